The second kappa shape index (κ2) is 8.02. The second-order valence-corrected chi connectivity index (χ2v) is 6.31. The van der Waals surface area contributed by atoms with Crippen LogP contribution in [0.25, 0.3) is 10.2 Å². The van der Waals surface area contributed by atoms with Crippen molar-refractivity contribution in [3.63, 3.8) is 0 Å². The summed E-state index contributed by atoms with van der Waals surface area (Å²) in [7, 11) is 2.94. The Kier molecular flexibility index (Phi) is 5.54. The first-order chi connectivity index (χ1) is 12.6. The number of carbonyl (C=O) groups is 2. The molecule has 0 aliphatic carbocycles. The molecule has 3 rings (SSSR count). The van der Waals surface area contributed by atoms with Gasteiger partial charge in [-0.15, -0.1) is 0 Å². The number of ether oxygens (including phenoxy) is 2. The van der Waals surface area contributed by atoms with Gasteiger partial charge in [-0.2, -0.15) is 10.1 Å². The molecule has 10 heteroatoms. The van der Waals surface area contributed by atoms with Crippen LogP contribution in [0.15, 0.2) is 35.8 Å². The fourth-order valence-electron chi connectivity index (χ4n) is 2.40. The number of amides is 1. The quantitative estimate of drug-likeness (QED) is 0.592. The lowest BCUT2D eigenvalue weighted by atomic mass is 10.2. The summed E-state index contributed by atoms with van der Waals surface area (Å²) in [5.41, 5.74) is 1.31. The molecule has 0 radical (unpaired) electrons. The molecule has 2 aromatic heterocycles. The van der Waals surface area contributed by atoms with Crippen LogP contribution in [-0.2, 0) is 27.4 Å². The number of benzene rings is 1. The minimum absolute atomic E-state index is 0.00589. The zero-order valence-corrected chi connectivity index (χ0v) is 15.1. The number of carbonyl (C=O) groups excluding carboxylic acids is 2. The molecule has 0 aliphatic heterocycles. The van der Waals surface area contributed by atoms with Crippen LogP contribution in [0.3, 0.4) is 0 Å². The normalized spacial score (nSPS) is 11.8. The molecule has 1 aromatic carbocycles. The fourth-order valence-corrected chi connectivity index (χ4v) is 3.51. The van der Waals surface area contributed by atoms with Crippen molar-refractivity contribution in [3.05, 3.63) is 41.2 Å². The molecule has 26 heavy (non-hydrogen) atoms. The lowest BCUT2D eigenvalue weighted by Crippen LogP contribution is -2.20. The van der Waals surface area contributed by atoms with E-state index in [4.69, 9.17) is 9.47 Å². The molecule has 0 N–H and O–H groups in total. The maximum atomic E-state index is 12.2. The van der Waals surface area contributed by atoms with Gasteiger partial charge in [-0.05, 0) is 18.2 Å². The van der Waals surface area contributed by atoms with Gasteiger partial charge in [0.15, 0.2) is 4.80 Å². The Morgan fingerprint density at radius 2 is 2.15 bits per heavy atom. The summed E-state index contributed by atoms with van der Waals surface area (Å²) in [5.74, 6) is -0.758. The van der Waals surface area contributed by atoms with E-state index in [9.17, 15) is 9.59 Å². The summed E-state index contributed by atoms with van der Waals surface area (Å²) in [6, 6.07) is 5.23. The van der Waals surface area contributed by atoms with E-state index in [0.29, 0.717) is 23.5 Å². The van der Waals surface area contributed by atoms with Gasteiger partial charge in [-0.1, -0.05) is 11.3 Å². The van der Waals surface area contributed by atoms with Gasteiger partial charge in [-0.3, -0.25) is 4.79 Å². The first kappa shape index (κ1) is 18.0. The molecule has 0 spiro atoms. The lowest BCUT2D eigenvalue weighted by Gasteiger charge is -2.05. The Bertz CT molecular complexity index is 990. The predicted octanol–water partition coefficient (Wildman–Crippen LogP) is 0.855. The van der Waals surface area contributed by atoms with Crippen molar-refractivity contribution in [2.45, 2.75) is 13.1 Å². The van der Waals surface area contributed by atoms with Crippen LogP contribution in [-0.4, -0.2) is 52.0 Å². The fraction of sp³-hybridized carbons (Fsp3) is 0.312. The highest BCUT2D eigenvalue weighted by Crippen LogP contribution is 2.20. The third-order valence-electron chi connectivity index (χ3n) is 3.61. The van der Waals surface area contributed by atoms with Crippen LogP contribution in [0.1, 0.15) is 10.4 Å². The van der Waals surface area contributed by atoms with E-state index in [0.717, 1.165) is 10.2 Å². The number of esters is 1. The number of nitrogens with zero attached hydrogens (tertiary/aromatic N) is 5. The van der Waals surface area contributed by atoms with E-state index in [-0.39, 0.29) is 12.5 Å². The largest absolute Gasteiger partial charge is 0.465 e. The zero-order valence-electron chi connectivity index (χ0n) is 14.3. The molecule has 0 saturated heterocycles. The van der Waals surface area contributed by atoms with Crippen LogP contribution in [0.2, 0.25) is 0 Å². The van der Waals surface area contributed by atoms with E-state index >= 15 is 0 Å². The molecule has 0 saturated carbocycles. The second-order valence-electron chi connectivity index (χ2n) is 5.30. The Morgan fingerprint density at radius 3 is 2.85 bits per heavy atom. The minimum Gasteiger partial charge on any atom is -0.465 e. The summed E-state index contributed by atoms with van der Waals surface area (Å²) in [6.45, 7) is 1.00. The molecular weight excluding hydrogens is 358 g/mol. The number of methoxy groups -OCH3 is 2. The number of rotatable bonds is 6. The predicted molar refractivity (Wildman–Crippen MR) is 93.6 cm³/mol. The van der Waals surface area contributed by atoms with Crippen LogP contribution in [0.4, 0.5) is 0 Å². The Labute approximate surface area is 152 Å². The number of fused-ring (bicyclic) bond motifs is 1. The van der Waals surface area contributed by atoms with E-state index in [1.54, 1.807) is 19.2 Å². The van der Waals surface area contributed by atoms with Crippen LogP contribution in [0.5, 0.6) is 0 Å². The summed E-state index contributed by atoms with van der Waals surface area (Å²) in [6.07, 6.45) is 2.82. The Hall–Kier alpha value is -2.85. The van der Waals surface area contributed by atoms with Crippen molar-refractivity contribution in [2.75, 3.05) is 20.8 Å². The topological polar surface area (TPSA) is 101 Å². The maximum absolute atomic E-state index is 12.2. The van der Waals surface area contributed by atoms with Gasteiger partial charge < -0.3 is 14.0 Å². The summed E-state index contributed by atoms with van der Waals surface area (Å²) < 4.78 is 14.0. The average molecular weight is 375 g/mol. The van der Waals surface area contributed by atoms with E-state index < -0.39 is 5.97 Å². The van der Waals surface area contributed by atoms with Gasteiger partial charge in [0, 0.05) is 13.7 Å². The summed E-state index contributed by atoms with van der Waals surface area (Å²) in [4.78, 5) is 32.5. The maximum Gasteiger partial charge on any atom is 0.337 e. The average Bonchev–Trinajstić information content (AvgIpc) is 3.26. The highest BCUT2D eigenvalue weighted by atomic mass is 32.1. The smallest absolute Gasteiger partial charge is 0.337 e. The molecule has 3 aromatic rings. The van der Waals surface area contributed by atoms with Gasteiger partial charge in [0.2, 0.25) is 0 Å². The van der Waals surface area contributed by atoms with Crippen molar-refractivity contribution in [2.24, 2.45) is 4.99 Å². The monoisotopic (exact) mass is 375 g/mol. The lowest BCUT2D eigenvalue weighted by molar-refractivity contribution is -0.118. The summed E-state index contributed by atoms with van der Waals surface area (Å²) in [5, 5.41) is 3.90. The van der Waals surface area contributed by atoms with Crippen molar-refractivity contribution >= 4 is 33.4 Å². The molecule has 0 atom stereocenters. The molecule has 9 nitrogen and oxygen atoms in total. The molecule has 0 unspecified atom stereocenters. The molecule has 2 heterocycles. The third kappa shape index (κ3) is 3.86. The number of hydrogen-bond acceptors (Lipinski definition) is 7. The van der Waals surface area contributed by atoms with Gasteiger partial charge in [0.25, 0.3) is 5.91 Å². The highest BCUT2D eigenvalue weighted by molar-refractivity contribution is 7.16. The van der Waals surface area contributed by atoms with Crippen LogP contribution in [0, 0.1) is 0 Å². The highest BCUT2D eigenvalue weighted by Gasteiger charge is 2.12. The first-order valence-electron chi connectivity index (χ1n) is 7.73. The van der Waals surface area contributed by atoms with Crippen LogP contribution >= 0.6 is 11.3 Å². The zero-order chi connectivity index (χ0) is 18.5. The van der Waals surface area contributed by atoms with Gasteiger partial charge in [0.05, 0.1) is 29.5 Å². The van der Waals surface area contributed by atoms with E-state index in [1.165, 1.54) is 35.8 Å². The number of aromatic nitrogens is 4. The standard InChI is InChI=1S/C16H17N5O4S/c1-24-6-5-21-12-4-3-11(15(23)25-2)7-13(12)26-16(21)19-14(22)8-20-10-17-9-18-20/h3-4,7,9-10H,5-6,8H2,1-2H3. The Morgan fingerprint density at radius 1 is 1.31 bits per heavy atom. The van der Waals surface area contributed by atoms with Gasteiger partial charge in [0.1, 0.15) is 19.2 Å². The van der Waals surface area contributed by atoms with Gasteiger partial charge in [-0.25, -0.2) is 14.5 Å². The molecule has 0 aliphatic rings. The summed E-state index contributed by atoms with van der Waals surface area (Å²) >= 11 is 1.32. The number of thiazole rings is 1. The van der Waals surface area contributed by atoms with Crippen molar-refractivity contribution in [1.29, 1.82) is 0 Å². The number of hydrogen-bond donors (Lipinski definition) is 0. The molecule has 1 amide bonds. The SMILES string of the molecule is COCCn1c(=NC(=O)Cn2cncn2)sc2cc(C(=O)OC)ccc21. The van der Waals surface area contributed by atoms with E-state index in [2.05, 4.69) is 15.1 Å². The Balaban J connectivity index is 2.02. The van der Waals surface area contributed by atoms with Gasteiger partial charge >= 0.3 is 5.97 Å². The van der Waals surface area contributed by atoms with Crippen molar-refractivity contribution < 1.29 is 19.1 Å². The van der Waals surface area contributed by atoms with Crippen molar-refractivity contribution in [3.8, 4) is 0 Å². The van der Waals surface area contributed by atoms with E-state index in [1.807, 2.05) is 10.6 Å². The van der Waals surface area contributed by atoms with Crippen molar-refractivity contribution in [1.82, 2.24) is 19.3 Å². The molecule has 0 fully saturated rings. The molecular formula is C16H17N5O4S. The molecule has 136 valence electrons. The third-order valence-corrected chi connectivity index (χ3v) is 4.65. The van der Waals surface area contributed by atoms with Crippen LogP contribution < -0.4 is 4.80 Å². The minimum atomic E-state index is -0.413. The first-order valence-corrected chi connectivity index (χ1v) is 8.54. The molecule has 0 bridgehead atoms.